The Bertz CT molecular complexity index is 1090. The van der Waals surface area contributed by atoms with Gasteiger partial charge in [-0.3, -0.25) is 9.88 Å². The Morgan fingerprint density at radius 1 is 1.26 bits per heavy atom. The summed E-state index contributed by atoms with van der Waals surface area (Å²) in [5, 5.41) is 4.73. The third-order valence-corrected chi connectivity index (χ3v) is 5.66. The minimum Gasteiger partial charge on any atom is -0.496 e. The molecule has 1 fully saturated rings. The molecule has 1 aliphatic rings. The van der Waals surface area contributed by atoms with Crippen LogP contribution in [-0.4, -0.2) is 41.9 Å². The number of benzene rings is 2. The van der Waals surface area contributed by atoms with Gasteiger partial charge in [0.15, 0.2) is 0 Å². The smallest absolute Gasteiger partial charge is 0.347 e. The average molecular weight is 418 g/mol. The fourth-order valence-electron chi connectivity index (χ4n) is 4.10. The van der Waals surface area contributed by atoms with Crippen LogP contribution in [0.15, 0.2) is 65.9 Å². The number of urea groups is 1. The SMILES string of the molecule is COc1ccccc1CN1CCCC(/C(N)=N/C(=O)Nc2cccc3cnccc23)C1. The second-order valence-electron chi connectivity index (χ2n) is 7.76. The summed E-state index contributed by atoms with van der Waals surface area (Å²) in [5.41, 5.74) is 8.10. The number of likely N-dealkylation sites (tertiary alicyclic amines) is 1. The summed E-state index contributed by atoms with van der Waals surface area (Å²) in [5.74, 6) is 1.31. The van der Waals surface area contributed by atoms with Gasteiger partial charge in [-0.15, -0.1) is 0 Å². The second kappa shape index (κ2) is 9.57. The number of nitrogens with two attached hydrogens (primary N) is 1. The van der Waals surface area contributed by atoms with E-state index in [0.29, 0.717) is 11.5 Å². The number of rotatable bonds is 5. The summed E-state index contributed by atoms with van der Waals surface area (Å²) in [6, 6.07) is 15.1. The molecule has 1 atom stereocenters. The predicted octanol–water partition coefficient (Wildman–Crippen LogP) is 4.04. The number of amidine groups is 1. The summed E-state index contributed by atoms with van der Waals surface area (Å²) in [6.45, 7) is 2.53. The largest absolute Gasteiger partial charge is 0.496 e. The first-order valence-corrected chi connectivity index (χ1v) is 10.5. The molecular formula is C24H27N5O2. The minimum atomic E-state index is -0.455. The molecule has 0 radical (unpaired) electrons. The molecule has 2 aromatic carbocycles. The van der Waals surface area contributed by atoms with Crippen LogP contribution in [-0.2, 0) is 6.54 Å². The molecule has 0 spiro atoms. The topological polar surface area (TPSA) is 92.8 Å². The van der Waals surface area contributed by atoms with E-state index in [1.54, 1.807) is 19.5 Å². The highest BCUT2D eigenvalue weighted by Gasteiger charge is 2.24. The number of para-hydroxylation sites is 1. The molecule has 1 unspecified atom stereocenters. The van der Waals surface area contributed by atoms with Gasteiger partial charge in [-0.05, 0) is 37.6 Å². The first kappa shape index (κ1) is 20.8. The fourth-order valence-corrected chi connectivity index (χ4v) is 4.10. The lowest BCUT2D eigenvalue weighted by atomic mass is 9.96. The molecule has 0 aliphatic carbocycles. The molecule has 1 saturated heterocycles. The molecule has 0 saturated carbocycles. The fraction of sp³-hybridized carbons (Fsp3) is 0.292. The van der Waals surface area contributed by atoms with Crippen molar-refractivity contribution in [1.29, 1.82) is 0 Å². The third-order valence-electron chi connectivity index (χ3n) is 5.66. The number of carbonyl (C=O) groups excluding carboxylic acids is 1. The molecule has 4 rings (SSSR count). The molecule has 2 amide bonds. The van der Waals surface area contributed by atoms with Crippen molar-refractivity contribution >= 4 is 28.3 Å². The van der Waals surface area contributed by atoms with Crippen LogP contribution in [0.2, 0.25) is 0 Å². The van der Waals surface area contributed by atoms with Gasteiger partial charge in [0.2, 0.25) is 0 Å². The number of amides is 2. The first-order chi connectivity index (χ1) is 15.1. The van der Waals surface area contributed by atoms with E-state index in [2.05, 4.69) is 26.3 Å². The minimum absolute atomic E-state index is 0.0472. The molecule has 160 valence electrons. The highest BCUT2D eigenvalue weighted by molar-refractivity contribution is 6.05. The van der Waals surface area contributed by atoms with Crippen LogP contribution in [0.1, 0.15) is 18.4 Å². The molecule has 2 heterocycles. The van der Waals surface area contributed by atoms with Crippen LogP contribution >= 0.6 is 0 Å². The van der Waals surface area contributed by atoms with Gasteiger partial charge in [0, 0.05) is 47.7 Å². The first-order valence-electron chi connectivity index (χ1n) is 10.5. The Hall–Kier alpha value is -3.45. The summed E-state index contributed by atoms with van der Waals surface area (Å²) < 4.78 is 5.47. The summed E-state index contributed by atoms with van der Waals surface area (Å²) in [4.78, 5) is 23.2. The van der Waals surface area contributed by atoms with Gasteiger partial charge in [-0.1, -0.05) is 30.3 Å². The van der Waals surface area contributed by atoms with E-state index in [1.165, 1.54) is 0 Å². The maximum absolute atomic E-state index is 12.5. The second-order valence-corrected chi connectivity index (χ2v) is 7.76. The number of piperidine rings is 1. The quantitative estimate of drug-likeness (QED) is 0.483. The number of carbonyl (C=O) groups is 1. The van der Waals surface area contributed by atoms with Gasteiger partial charge in [-0.2, -0.15) is 4.99 Å². The standard InChI is InChI=1S/C24H27N5O2/c1-31-22-10-3-2-6-18(22)15-29-13-5-8-19(16-29)23(25)28-24(30)27-21-9-4-7-17-14-26-12-11-20(17)21/h2-4,6-7,9-12,14,19H,5,8,13,15-16H2,1H3,(H3,25,27,28,30). The van der Waals surface area contributed by atoms with Crippen LogP contribution in [0.5, 0.6) is 5.75 Å². The van der Waals surface area contributed by atoms with Crippen molar-refractivity contribution in [2.24, 2.45) is 16.6 Å². The van der Waals surface area contributed by atoms with E-state index in [1.807, 2.05) is 42.5 Å². The van der Waals surface area contributed by atoms with Gasteiger partial charge in [-0.25, -0.2) is 4.79 Å². The van der Waals surface area contributed by atoms with Crippen molar-refractivity contribution < 1.29 is 9.53 Å². The summed E-state index contributed by atoms with van der Waals surface area (Å²) in [6.07, 6.45) is 5.40. The Morgan fingerprint density at radius 3 is 3.00 bits per heavy atom. The third kappa shape index (κ3) is 5.00. The molecule has 1 aliphatic heterocycles. The van der Waals surface area contributed by atoms with Crippen molar-refractivity contribution in [1.82, 2.24) is 9.88 Å². The normalized spacial score (nSPS) is 17.5. The lowest BCUT2D eigenvalue weighted by molar-refractivity contribution is 0.194. The van der Waals surface area contributed by atoms with Gasteiger partial charge < -0.3 is 15.8 Å². The van der Waals surface area contributed by atoms with Crippen LogP contribution < -0.4 is 15.8 Å². The number of nitrogens with zero attached hydrogens (tertiary/aromatic N) is 3. The molecule has 0 bridgehead atoms. The van der Waals surface area contributed by atoms with E-state index in [-0.39, 0.29) is 5.92 Å². The van der Waals surface area contributed by atoms with Gasteiger partial charge >= 0.3 is 6.03 Å². The number of pyridine rings is 1. The zero-order valence-electron chi connectivity index (χ0n) is 17.6. The van der Waals surface area contributed by atoms with Crippen LogP contribution in [0, 0.1) is 5.92 Å². The number of aliphatic imine (C=N–C) groups is 1. The Morgan fingerprint density at radius 2 is 2.13 bits per heavy atom. The molecule has 3 N–H and O–H groups in total. The van der Waals surface area contributed by atoms with Crippen molar-refractivity contribution in [2.75, 3.05) is 25.5 Å². The van der Waals surface area contributed by atoms with E-state index < -0.39 is 6.03 Å². The molecule has 7 nitrogen and oxygen atoms in total. The Kier molecular flexibility index (Phi) is 6.43. The van der Waals surface area contributed by atoms with E-state index in [4.69, 9.17) is 10.5 Å². The number of fused-ring (bicyclic) bond motifs is 1. The van der Waals surface area contributed by atoms with E-state index in [9.17, 15) is 4.79 Å². The zero-order valence-corrected chi connectivity index (χ0v) is 17.6. The molecular weight excluding hydrogens is 390 g/mol. The van der Waals surface area contributed by atoms with Crippen molar-refractivity contribution in [3.05, 3.63) is 66.5 Å². The van der Waals surface area contributed by atoms with E-state index >= 15 is 0 Å². The maximum atomic E-state index is 12.5. The van der Waals surface area contributed by atoms with Crippen LogP contribution in [0.4, 0.5) is 10.5 Å². The van der Waals surface area contributed by atoms with Crippen molar-refractivity contribution in [2.45, 2.75) is 19.4 Å². The lowest BCUT2D eigenvalue weighted by Crippen LogP contribution is -2.41. The van der Waals surface area contributed by atoms with Gasteiger partial charge in [0.25, 0.3) is 0 Å². The molecule has 7 heteroatoms. The monoisotopic (exact) mass is 417 g/mol. The Labute approximate surface area is 181 Å². The van der Waals surface area contributed by atoms with Crippen molar-refractivity contribution in [3.8, 4) is 5.75 Å². The van der Waals surface area contributed by atoms with E-state index in [0.717, 1.165) is 54.6 Å². The molecule has 31 heavy (non-hydrogen) atoms. The summed E-state index contributed by atoms with van der Waals surface area (Å²) >= 11 is 0. The zero-order chi connectivity index (χ0) is 21.6. The number of hydrogen-bond acceptors (Lipinski definition) is 4. The number of nitrogens with one attached hydrogen (secondary N) is 1. The van der Waals surface area contributed by atoms with Gasteiger partial charge in [0.1, 0.15) is 11.6 Å². The van der Waals surface area contributed by atoms with Gasteiger partial charge in [0.05, 0.1) is 12.8 Å². The van der Waals surface area contributed by atoms with Crippen LogP contribution in [0.25, 0.3) is 10.8 Å². The molecule has 1 aromatic heterocycles. The lowest BCUT2D eigenvalue weighted by Gasteiger charge is -2.32. The highest BCUT2D eigenvalue weighted by atomic mass is 16.5. The number of anilines is 1. The summed E-state index contributed by atoms with van der Waals surface area (Å²) in [7, 11) is 1.69. The predicted molar refractivity (Wildman–Crippen MR) is 123 cm³/mol. The number of hydrogen-bond donors (Lipinski definition) is 2. The molecule has 3 aromatic rings. The van der Waals surface area contributed by atoms with Crippen molar-refractivity contribution in [3.63, 3.8) is 0 Å². The Balaban J connectivity index is 1.42. The highest BCUT2D eigenvalue weighted by Crippen LogP contribution is 2.24. The number of aromatic nitrogens is 1. The average Bonchev–Trinajstić information content (AvgIpc) is 2.80. The van der Waals surface area contributed by atoms with Crippen LogP contribution in [0.3, 0.4) is 0 Å². The number of methoxy groups -OCH3 is 1. The maximum Gasteiger partial charge on any atom is 0.347 e. The number of ether oxygens (including phenoxy) is 1.